The normalized spacial score (nSPS) is 15.7. The van der Waals surface area contributed by atoms with Crippen molar-refractivity contribution in [2.75, 3.05) is 31.1 Å². The second kappa shape index (κ2) is 6.14. The summed E-state index contributed by atoms with van der Waals surface area (Å²) in [6, 6.07) is 3.58. The van der Waals surface area contributed by atoms with Crippen LogP contribution < -0.4 is 4.90 Å². The van der Waals surface area contributed by atoms with E-state index in [1.165, 1.54) is 16.1 Å². The van der Waals surface area contributed by atoms with Gasteiger partial charge in [0.1, 0.15) is 0 Å². The summed E-state index contributed by atoms with van der Waals surface area (Å²) in [7, 11) is 0. The second-order valence-corrected chi connectivity index (χ2v) is 5.28. The minimum atomic E-state index is -4.64. The van der Waals surface area contributed by atoms with Crippen LogP contribution in [0.5, 0.6) is 0 Å². The van der Waals surface area contributed by atoms with E-state index in [1.807, 2.05) is 0 Å². The van der Waals surface area contributed by atoms with Crippen LogP contribution in [0, 0.1) is 5.82 Å². The number of carbonyl (C=O) groups excluding carboxylic acids is 1. The molecule has 0 saturated carbocycles. The third-order valence-corrected chi connectivity index (χ3v) is 3.75. The maximum atomic E-state index is 13.9. The van der Waals surface area contributed by atoms with E-state index in [4.69, 9.17) is 4.42 Å². The number of hydrogen-bond donors (Lipinski definition) is 0. The van der Waals surface area contributed by atoms with Crippen molar-refractivity contribution in [2.45, 2.75) is 6.18 Å². The molecule has 1 aliphatic rings. The molecule has 1 saturated heterocycles. The number of piperazine rings is 1. The van der Waals surface area contributed by atoms with Crippen molar-refractivity contribution in [2.24, 2.45) is 0 Å². The number of aromatic nitrogens is 1. The summed E-state index contributed by atoms with van der Waals surface area (Å²) >= 11 is 0. The molecule has 128 valence electrons. The molecule has 1 amide bonds. The zero-order valence-corrected chi connectivity index (χ0v) is 12.4. The average Bonchev–Trinajstić information content (AvgIpc) is 3.08. The number of furan rings is 1. The summed E-state index contributed by atoms with van der Waals surface area (Å²) in [5, 5.41) is 0. The van der Waals surface area contributed by atoms with E-state index in [-0.39, 0.29) is 30.6 Å². The van der Waals surface area contributed by atoms with Gasteiger partial charge in [-0.05, 0) is 18.2 Å². The highest BCUT2D eigenvalue weighted by Gasteiger charge is 2.33. The highest BCUT2D eigenvalue weighted by atomic mass is 19.4. The number of pyridine rings is 1. The van der Waals surface area contributed by atoms with Crippen molar-refractivity contribution < 1.29 is 26.8 Å². The Bertz CT molecular complexity index is 723. The quantitative estimate of drug-likeness (QED) is 0.787. The van der Waals surface area contributed by atoms with Crippen LogP contribution in [0.25, 0.3) is 0 Å². The first kappa shape index (κ1) is 16.3. The van der Waals surface area contributed by atoms with Crippen molar-refractivity contribution in [3.05, 3.63) is 47.8 Å². The Balaban J connectivity index is 1.68. The molecule has 1 aliphatic heterocycles. The van der Waals surface area contributed by atoms with E-state index in [0.717, 1.165) is 0 Å². The summed E-state index contributed by atoms with van der Waals surface area (Å²) in [6.45, 7) is 1.12. The first-order chi connectivity index (χ1) is 11.4. The molecule has 0 aliphatic carbocycles. The van der Waals surface area contributed by atoms with Crippen molar-refractivity contribution in [3.8, 4) is 0 Å². The predicted molar refractivity (Wildman–Crippen MR) is 76.0 cm³/mol. The maximum Gasteiger partial charge on any atom is 0.417 e. The van der Waals surface area contributed by atoms with Crippen LogP contribution in [0.1, 0.15) is 16.1 Å². The molecule has 0 atom stereocenters. The molecule has 5 nitrogen and oxygen atoms in total. The number of rotatable bonds is 2. The monoisotopic (exact) mass is 343 g/mol. The van der Waals surface area contributed by atoms with Crippen LogP contribution >= 0.6 is 0 Å². The molecule has 9 heteroatoms. The fourth-order valence-electron chi connectivity index (χ4n) is 2.50. The lowest BCUT2D eigenvalue weighted by atomic mass is 10.2. The molecule has 0 unspecified atom stereocenters. The Morgan fingerprint density at radius 1 is 1.21 bits per heavy atom. The summed E-state index contributed by atoms with van der Waals surface area (Å²) in [4.78, 5) is 18.8. The van der Waals surface area contributed by atoms with Crippen molar-refractivity contribution >= 4 is 11.7 Å². The molecular weight excluding hydrogens is 330 g/mol. The fraction of sp³-hybridized carbons (Fsp3) is 0.333. The van der Waals surface area contributed by atoms with Gasteiger partial charge >= 0.3 is 6.18 Å². The van der Waals surface area contributed by atoms with E-state index in [0.29, 0.717) is 25.4 Å². The van der Waals surface area contributed by atoms with Gasteiger partial charge in [-0.25, -0.2) is 9.37 Å². The Morgan fingerprint density at radius 2 is 1.92 bits per heavy atom. The number of amides is 1. The first-order valence-electron chi connectivity index (χ1n) is 7.17. The predicted octanol–water partition coefficient (Wildman–Crippen LogP) is 2.79. The molecular formula is C15H13F4N3O2. The van der Waals surface area contributed by atoms with Gasteiger partial charge in [-0.15, -0.1) is 0 Å². The number of halogens is 4. The van der Waals surface area contributed by atoms with E-state index in [2.05, 4.69) is 4.98 Å². The molecule has 0 bridgehead atoms. The smallest absolute Gasteiger partial charge is 0.417 e. The van der Waals surface area contributed by atoms with Crippen LogP contribution in [-0.4, -0.2) is 42.0 Å². The van der Waals surface area contributed by atoms with Crippen molar-refractivity contribution in [3.63, 3.8) is 0 Å². The van der Waals surface area contributed by atoms with E-state index < -0.39 is 17.6 Å². The summed E-state index contributed by atoms with van der Waals surface area (Å²) in [5.74, 6) is -1.24. The van der Waals surface area contributed by atoms with Gasteiger partial charge in [-0.1, -0.05) is 0 Å². The lowest BCUT2D eigenvalue weighted by molar-refractivity contribution is -0.138. The number of hydrogen-bond acceptors (Lipinski definition) is 4. The van der Waals surface area contributed by atoms with Gasteiger partial charge in [0, 0.05) is 32.4 Å². The maximum absolute atomic E-state index is 13.9. The lowest BCUT2D eigenvalue weighted by Crippen LogP contribution is -2.49. The van der Waals surface area contributed by atoms with Gasteiger partial charge in [-0.3, -0.25) is 4.79 Å². The molecule has 2 aromatic heterocycles. The van der Waals surface area contributed by atoms with Gasteiger partial charge in [0.15, 0.2) is 17.4 Å². The largest absolute Gasteiger partial charge is 0.459 e. The zero-order valence-electron chi connectivity index (χ0n) is 12.4. The Morgan fingerprint density at radius 3 is 2.46 bits per heavy atom. The second-order valence-electron chi connectivity index (χ2n) is 5.28. The summed E-state index contributed by atoms with van der Waals surface area (Å²) in [5.41, 5.74) is -1.13. The Labute approximate surface area is 134 Å². The van der Waals surface area contributed by atoms with Gasteiger partial charge in [0.05, 0.1) is 11.8 Å². The molecule has 0 aromatic carbocycles. The van der Waals surface area contributed by atoms with E-state index in [9.17, 15) is 22.4 Å². The van der Waals surface area contributed by atoms with E-state index >= 15 is 0 Å². The molecule has 0 radical (unpaired) electrons. The number of nitrogens with zero attached hydrogens (tertiary/aromatic N) is 3. The Hall–Kier alpha value is -2.58. The topological polar surface area (TPSA) is 49.6 Å². The molecule has 2 aromatic rings. The molecule has 0 spiro atoms. The zero-order chi connectivity index (χ0) is 17.3. The molecule has 3 rings (SSSR count). The van der Waals surface area contributed by atoms with E-state index in [1.54, 1.807) is 12.1 Å². The third-order valence-electron chi connectivity index (χ3n) is 3.75. The fourth-order valence-corrected chi connectivity index (χ4v) is 2.50. The minimum absolute atomic E-state index is 0.145. The molecule has 0 N–H and O–H groups in total. The minimum Gasteiger partial charge on any atom is -0.459 e. The highest BCUT2D eigenvalue weighted by Crippen LogP contribution is 2.31. The van der Waals surface area contributed by atoms with Gasteiger partial charge in [-0.2, -0.15) is 13.2 Å². The first-order valence-corrected chi connectivity index (χ1v) is 7.17. The van der Waals surface area contributed by atoms with Gasteiger partial charge in [0.25, 0.3) is 5.91 Å². The molecule has 24 heavy (non-hydrogen) atoms. The van der Waals surface area contributed by atoms with Crippen molar-refractivity contribution in [1.82, 2.24) is 9.88 Å². The lowest BCUT2D eigenvalue weighted by Gasteiger charge is -2.35. The standard InChI is InChI=1S/C15H13F4N3O2/c16-11-8-10(15(17,18)19)9-20-13(11)21-3-5-22(6-4-21)14(23)12-2-1-7-24-12/h1-2,7-9H,3-6H2. The molecule has 3 heterocycles. The van der Waals surface area contributed by atoms with Gasteiger partial charge < -0.3 is 14.2 Å². The number of carbonyl (C=O) groups is 1. The molecule has 1 fully saturated rings. The Kier molecular flexibility index (Phi) is 4.16. The number of anilines is 1. The van der Waals surface area contributed by atoms with Crippen molar-refractivity contribution in [1.29, 1.82) is 0 Å². The van der Waals surface area contributed by atoms with Crippen LogP contribution in [0.15, 0.2) is 35.1 Å². The summed E-state index contributed by atoms with van der Waals surface area (Å²) < 4.78 is 56.6. The average molecular weight is 343 g/mol. The van der Waals surface area contributed by atoms with Crippen LogP contribution in [-0.2, 0) is 6.18 Å². The van der Waals surface area contributed by atoms with Gasteiger partial charge in [0.2, 0.25) is 0 Å². The third kappa shape index (κ3) is 3.19. The van der Waals surface area contributed by atoms with Crippen LogP contribution in [0.4, 0.5) is 23.4 Å². The van der Waals surface area contributed by atoms with Crippen LogP contribution in [0.3, 0.4) is 0 Å². The highest BCUT2D eigenvalue weighted by molar-refractivity contribution is 5.91. The summed E-state index contributed by atoms with van der Waals surface area (Å²) in [6.07, 6.45) is -2.63. The van der Waals surface area contributed by atoms with Crippen LogP contribution in [0.2, 0.25) is 0 Å². The number of alkyl halides is 3. The SMILES string of the molecule is O=C(c1ccco1)N1CCN(c2ncc(C(F)(F)F)cc2F)CC1.